The molecule has 0 fully saturated rings. The molecular weight excluding hydrogens is 503 g/mol. The van der Waals surface area contributed by atoms with Gasteiger partial charge in [-0.3, -0.25) is 9.59 Å². The lowest BCUT2D eigenvalue weighted by atomic mass is 10.1. The minimum absolute atomic E-state index is 0.261. The van der Waals surface area contributed by atoms with Crippen LogP contribution in [0.2, 0.25) is 0 Å². The molecule has 0 aromatic carbocycles. The number of carbonyl (C=O) groups is 3. The van der Waals surface area contributed by atoms with Gasteiger partial charge in [-0.25, -0.2) is 4.79 Å². The Kier molecular flexibility index (Phi) is 20.7. The summed E-state index contributed by atoms with van der Waals surface area (Å²) >= 11 is 16.4. The molecule has 34 heavy (non-hydrogen) atoms. The highest BCUT2D eigenvalue weighted by molar-refractivity contribution is 6.75. The summed E-state index contributed by atoms with van der Waals surface area (Å²) in [5, 5.41) is 0. The maximum atomic E-state index is 11.9. The van der Waals surface area contributed by atoms with Gasteiger partial charge in [0.2, 0.25) is 0 Å². The Bertz CT molecular complexity index is 590. The maximum Gasteiger partial charge on any atom is 0.359 e. The molecule has 0 aliphatic rings. The van der Waals surface area contributed by atoms with Gasteiger partial charge in [-0.1, -0.05) is 105 Å². The lowest BCUT2D eigenvalue weighted by Crippen LogP contribution is -2.34. The molecule has 0 aromatic heterocycles. The second-order valence-electron chi connectivity index (χ2n) is 8.34. The third kappa shape index (κ3) is 21.5. The van der Waals surface area contributed by atoms with Crippen molar-refractivity contribution in [1.29, 1.82) is 0 Å². The van der Waals surface area contributed by atoms with E-state index < -0.39 is 27.8 Å². The largest absolute Gasteiger partial charge is 0.462 e. The topological polar surface area (TPSA) is 78.9 Å². The Morgan fingerprint density at radius 2 is 1.26 bits per heavy atom. The van der Waals surface area contributed by atoms with Crippen LogP contribution in [-0.4, -0.2) is 41.0 Å². The summed E-state index contributed by atoms with van der Waals surface area (Å²) in [6.45, 7) is 2.85. The van der Waals surface area contributed by atoms with Gasteiger partial charge >= 0.3 is 17.9 Å². The van der Waals surface area contributed by atoms with Crippen molar-refractivity contribution >= 4 is 52.7 Å². The van der Waals surface area contributed by atoms with Crippen molar-refractivity contribution in [2.75, 3.05) is 13.2 Å². The van der Waals surface area contributed by atoms with E-state index in [0.717, 1.165) is 38.5 Å². The lowest BCUT2D eigenvalue weighted by Gasteiger charge is -2.19. The number of hydrogen-bond donors (Lipinski definition) is 0. The quantitative estimate of drug-likeness (QED) is 0.0523. The van der Waals surface area contributed by atoms with Crippen LogP contribution in [0.15, 0.2) is 12.2 Å². The van der Waals surface area contributed by atoms with Gasteiger partial charge < -0.3 is 14.2 Å². The smallest absolute Gasteiger partial charge is 0.359 e. The highest BCUT2D eigenvalue weighted by Gasteiger charge is 2.35. The Hall–Kier alpha value is -0.980. The number of hydrogen-bond acceptors (Lipinski definition) is 6. The van der Waals surface area contributed by atoms with Gasteiger partial charge in [-0.15, -0.1) is 0 Å². The van der Waals surface area contributed by atoms with E-state index in [1.54, 1.807) is 0 Å². The third-order valence-corrected chi connectivity index (χ3v) is 5.51. The highest BCUT2D eigenvalue weighted by atomic mass is 35.6. The molecule has 0 aliphatic heterocycles. The van der Waals surface area contributed by atoms with Crippen molar-refractivity contribution in [2.45, 2.75) is 114 Å². The maximum absolute atomic E-state index is 11.9. The number of carbonyl (C=O) groups excluding carboxylic acids is 3. The average molecular weight is 544 g/mol. The molecule has 1 unspecified atom stereocenters. The molecule has 6 nitrogen and oxygen atoms in total. The molecule has 0 rings (SSSR count). The van der Waals surface area contributed by atoms with Gasteiger partial charge in [0.1, 0.15) is 13.2 Å². The standard InChI is InChI=1S/C25H41Cl3O6/c1-3-4-5-6-7-8-9-10-11-12-13-14-15-16-17-18-23(30)33-20-22(19-32-21(2)29)34-24(31)25(26,27)28/h10-11,22H,3-9,12-20H2,1-2H3/b11-10-. The molecule has 198 valence electrons. The predicted molar refractivity (Wildman–Crippen MR) is 137 cm³/mol. The SMILES string of the molecule is CCCCCCCC/C=C\CCCCCCCC(=O)OCC(COC(C)=O)OC(=O)C(Cl)(Cl)Cl. The second-order valence-corrected chi connectivity index (χ2v) is 10.6. The molecule has 0 heterocycles. The zero-order chi connectivity index (χ0) is 25.7. The number of esters is 3. The van der Waals surface area contributed by atoms with E-state index in [4.69, 9.17) is 49.0 Å². The minimum atomic E-state index is -2.28. The highest BCUT2D eigenvalue weighted by Crippen LogP contribution is 2.28. The fourth-order valence-corrected chi connectivity index (χ4v) is 3.28. The molecule has 0 aromatic rings. The normalized spacial score (nSPS) is 12.5. The zero-order valence-corrected chi connectivity index (χ0v) is 22.9. The van der Waals surface area contributed by atoms with Crippen LogP contribution < -0.4 is 0 Å². The number of alkyl halides is 3. The van der Waals surface area contributed by atoms with E-state index in [2.05, 4.69) is 19.1 Å². The van der Waals surface area contributed by atoms with Crippen molar-refractivity contribution < 1.29 is 28.6 Å². The zero-order valence-electron chi connectivity index (χ0n) is 20.6. The number of allylic oxidation sites excluding steroid dienone is 2. The summed E-state index contributed by atoms with van der Waals surface area (Å²) in [5.41, 5.74) is 0. The van der Waals surface area contributed by atoms with E-state index in [1.807, 2.05) is 0 Å². The minimum Gasteiger partial charge on any atom is -0.462 e. The molecule has 0 amide bonds. The van der Waals surface area contributed by atoms with Crippen LogP contribution in [0.3, 0.4) is 0 Å². The molecule has 0 radical (unpaired) electrons. The summed E-state index contributed by atoms with van der Waals surface area (Å²) in [6, 6.07) is 0. The average Bonchev–Trinajstić information content (AvgIpc) is 2.77. The summed E-state index contributed by atoms with van der Waals surface area (Å²) in [7, 11) is 0. The van der Waals surface area contributed by atoms with Gasteiger partial charge in [0, 0.05) is 13.3 Å². The van der Waals surface area contributed by atoms with E-state index in [0.29, 0.717) is 0 Å². The van der Waals surface area contributed by atoms with Gasteiger partial charge in [0.25, 0.3) is 3.79 Å². The van der Waals surface area contributed by atoms with Crippen molar-refractivity contribution in [1.82, 2.24) is 0 Å². The Morgan fingerprint density at radius 1 is 0.765 bits per heavy atom. The first kappa shape index (κ1) is 33.0. The van der Waals surface area contributed by atoms with E-state index in [1.165, 1.54) is 51.9 Å². The summed E-state index contributed by atoms with van der Waals surface area (Å²) in [6.07, 6.45) is 19.1. The van der Waals surface area contributed by atoms with Crippen LogP contribution >= 0.6 is 34.8 Å². The van der Waals surface area contributed by atoms with E-state index >= 15 is 0 Å². The first-order chi connectivity index (χ1) is 16.2. The fourth-order valence-electron chi connectivity index (χ4n) is 3.14. The van der Waals surface area contributed by atoms with E-state index in [-0.39, 0.29) is 19.6 Å². The molecule has 0 aliphatic carbocycles. The monoisotopic (exact) mass is 542 g/mol. The molecule has 0 saturated carbocycles. The van der Waals surface area contributed by atoms with Crippen LogP contribution in [0, 0.1) is 0 Å². The van der Waals surface area contributed by atoms with Crippen molar-refractivity contribution in [3.05, 3.63) is 12.2 Å². The molecule has 0 bridgehead atoms. The van der Waals surface area contributed by atoms with Crippen molar-refractivity contribution in [3.63, 3.8) is 0 Å². The Balaban J connectivity index is 3.82. The van der Waals surface area contributed by atoms with Gasteiger partial charge in [-0.05, 0) is 32.1 Å². The second kappa shape index (κ2) is 21.3. The summed E-state index contributed by atoms with van der Waals surface area (Å²) < 4.78 is 12.6. The number of ether oxygens (including phenoxy) is 3. The van der Waals surface area contributed by atoms with Gasteiger partial charge in [0.15, 0.2) is 6.10 Å². The van der Waals surface area contributed by atoms with Gasteiger partial charge in [-0.2, -0.15) is 0 Å². The lowest BCUT2D eigenvalue weighted by molar-refractivity contribution is -0.165. The van der Waals surface area contributed by atoms with Crippen LogP contribution in [0.25, 0.3) is 0 Å². The summed E-state index contributed by atoms with van der Waals surface area (Å²) in [5.74, 6) is -2.13. The first-order valence-corrected chi connectivity index (χ1v) is 13.5. The van der Waals surface area contributed by atoms with Crippen molar-refractivity contribution in [2.24, 2.45) is 0 Å². The summed E-state index contributed by atoms with van der Waals surface area (Å²) in [4.78, 5) is 34.6. The van der Waals surface area contributed by atoms with Crippen LogP contribution in [0.5, 0.6) is 0 Å². The van der Waals surface area contributed by atoms with Gasteiger partial charge in [0.05, 0.1) is 0 Å². The molecule has 0 spiro atoms. The Labute approximate surface area is 220 Å². The molecule has 0 N–H and O–H groups in total. The molecular formula is C25H41Cl3O6. The number of unbranched alkanes of at least 4 members (excludes halogenated alkanes) is 11. The predicted octanol–water partition coefficient (Wildman–Crippen LogP) is 7.41. The van der Waals surface area contributed by atoms with E-state index in [9.17, 15) is 14.4 Å². The van der Waals surface area contributed by atoms with Crippen LogP contribution in [0.1, 0.15) is 104 Å². The van der Waals surface area contributed by atoms with Crippen LogP contribution in [0.4, 0.5) is 0 Å². The molecule has 1 atom stereocenters. The third-order valence-electron chi connectivity index (χ3n) is 5.05. The van der Waals surface area contributed by atoms with Crippen LogP contribution in [-0.2, 0) is 28.6 Å². The first-order valence-electron chi connectivity index (χ1n) is 12.4. The Morgan fingerprint density at radius 3 is 1.79 bits per heavy atom. The number of halogens is 3. The molecule has 0 saturated heterocycles. The number of rotatable bonds is 20. The van der Waals surface area contributed by atoms with Crippen molar-refractivity contribution in [3.8, 4) is 0 Å². The molecule has 9 heteroatoms. The fraction of sp³-hybridized carbons (Fsp3) is 0.800.